The van der Waals surface area contributed by atoms with Crippen molar-refractivity contribution >= 4 is 0 Å². The summed E-state index contributed by atoms with van der Waals surface area (Å²) in [7, 11) is 0. The highest BCUT2D eigenvalue weighted by Crippen LogP contribution is 2.09. The molecule has 17 heavy (non-hydrogen) atoms. The molecule has 0 aromatic heterocycles. The predicted molar refractivity (Wildman–Crippen MR) is 78.5 cm³/mol. The van der Waals surface area contributed by atoms with E-state index in [1.54, 1.807) is 0 Å². The van der Waals surface area contributed by atoms with E-state index in [0.717, 1.165) is 12.5 Å². The molecular weight excluding hydrogens is 208 g/mol. The Morgan fingerprint density at radius 3 is 2.12 bits per heavy atom. The summed E-state index contributed by atoms with van der Waals surface area (Å²) in [5.41, 5.74) is 0.256. The molecule has 0 heterocycles. The van der Waals surface area contributed by atoms with Gasteiger partial charge in [-0.3, -0.25) is 0 Å². The summed E-state index contributed by atoms with van der Waals surface area (Å²) in [4.78, 5) is 2.60. The summed E-state index contributed by atoms with van der Waals surface area (Å²) in [5, 5.41) is 3.56. The molecule has 104 valence electrons. The molecule has 1 N–H and O–H groups in total. The molecule has 0 saturated carbocycles. The van der Waals surface area contributed by atoms with Crippen molar-refractivity contribution in [2.24, 2.45) is 5.92 Å². The zero-order chi connectivity index (χ0) is 13.5. The molecular formula is C15H34N2. The van der Waals surface area contributed by atoms with Gasteiger partial charge < -0.3 is 10.2 Å². The molecule has 0 radical (unpaired) electrons. The lowest BCUT2D eigenvalue weighted by molar-refractivity contribution is 0.184. The van der Waals surface area contributed by atoms with Crippen molar-refractivity contribution in [1.29, 1.82) is 0 Å². The van der Waals surface area contributed by atoms with Crippen LogP contribution in [0.1, 0.15) is 61.3 Å². The molecule has 0 aromatic carbocycles. The minimum atomic E-state index is 0.256. The first kappa shape index (κ1) is 16.9. The van der Waals surface area contributed by atoms with E-state index < -0.39 is 0 Å². The maximum Gasteiger partial charge on any atom is 0.00965 e. The van der Waals surface area contributed by atoms with E-state index >= 15 is 0 Å². The second kappa shape index (κ2) is 8.10. The van der Waals surface area contributed by atoms with E-state index in [-0.39, 0.29) is 5.54 Å². The summed E-state index contributed by atoms with van der Waals surface area (Å²) in [5.74, 6) is 0.769. The fraction of sp³-hybridized carbons (Fsp3) is 1.00. The molecule has 0 saturated heterocycles. The lowest BCUT2D eigenvalue weighted by Gasteiger charge is -2.30. The van der Waals surface area contributed by atoms with Gasteiger partial charge in [0.2, 0.25) is 0 Å². The van der Waals surface area contributed by atoms with Crippen molar-refractivity contribution in [3.05, 3.63) is 0 Å². The maximum atomic E-state index is 3.56. The Kier molecular flexibility index (Phi) is 8.06. The molecule has 0 rings (SSSR count). The van der Waals surface area contributed by atoms with Gasteiger partial charge in [0.1, 0.15) is 0 Å². The molecule has 2 heteroatoms. The number of hydrogen-bond acceptors (Lipinski definition) is 2. The first-order chi connectivity index (χ1) is 7.76. The molecule has 0 aliphatic heterocycles. The summed E-state index contributed by atoms with van der Waals surface area (Å²) in [6.07, 6.45) is 2.57. The monoisotopic (exact) mass is 242 g/mol. The highest BCUT2D eigenvalue weighted by Gasteiger charge is 2.13. The minimum Gasteiger partial charge on any atom is -0.312 e. The first-order valence-electron chi connectivity index (χ1n) is 7.25. The van der Waals surface area contributed by atoms with Gasteiger partial charge >= 0.3 is 0 Å². The molecule has 0 aliphatic carbocycles. The quantitative estimate of drug-likeness (QED) is 0.655. The van der Waals surface area contributed by atoms with E-state index in [4.69, 9.17) is 0 Å². The average Bonchev–Trinajstić information content (AvgIpc) is 2.19. The van der Waals surface area contributed by atoms with Crippen molar-refractivity contribution in [3.63, 3.8) is 0 Å². The Morgan fingerprint density at radius 2 is 1.71 bits per heavy atom. The smallest absolute Gasteiger partial charge is 0.00965 e. The van der Waals surface area contributed by atoms with Gasteiger partial charge in [-0.15, -0.1) is 0 Å². The second-order valence-electron chi connectivity index (χ2n) is 6.65. The van der Waals surface area contributed by atoms with Crippen LogP contribution < -0.4 is 5.32 Å². The molecule has 1 atom stereocenters. The topological polar surface area (TPSA) is 15.3 Å². The zero-order valence-corrected chi connectivity index (χ0v) is 13.1. The van der Waals surface area contributed by atoms with Crippen LogP contribution >= 0.6 is 0 Å². The van der Waals surface area contributed by atoms with Gasteiger partial charge in [0.25, 0.3) is 0 Å². The lowest BCUT2D eigenvalue weighted by Crippen LogP contribution is -2.38. The third-order valence-electron chi connectivity index (χ3n) is 3.08. The number of nitrogens with one attached hydrogen (secondary N) is 1. The molecule has 0 spiro atoms. The van der Waals surface area contributed by atoms with Crippen molar-refractivity contribution in [2.45, 2.75) is 72.9 Å². The largest absolute Gasteiger partial charge is 0.312 e. The highest BCUT2D eigenvalue weighted by atomic mass is 15.1. The van der Waals surface area contributed by atoms with Crippen LogP contribution in [-0.4, -0.2) is 36.1 Å². The Hall–Kier alpha value is -0.0800. The van der Waals surface area contributed by atoms with Crippen molar-refractivity contribution in [2.75, 3.05) is 19.6 Å². The lowest BCUT2D eigenvalue weighted by atomic mass is 10.1. The SMILES string of the molecule is CCN(CC(C)C)C(C)CCCNC(C)(C)C. The number of rotatable bonds is 8. The van der Waals surface area contributed by atoms with Crippen LogP contribution in [0.2, 0.25) is 0 Å². The third-order valence-corrected chi connectivity index (χ3v) is 3.08. The van der Waals surface area contributed by atoms with Gasteiger partial charge in [0.15, 0.2) is 0 Å². The van der Waals surface area contributed by atoms with Crippen LogP contribution in [0.25, 0.3) is 0 Å². The summed E-state index contributed by atoms with van der Waals surface area (Å²) in [6.45, 7) is 19.5. The fourth-order valence-electron chi connectivity index (χ4n) is 2.13. The molecule has 0 bridgehead atoms. The third kappa shape index (κ3) is 9.61. The van der Waals surface area contributed by atoms with Gasteiger partial charge in [-0.25, -0.2) is 0 Å². The Morgan fingerprint density at radius 1 is 1.12 bits per heavy atom. The number of hydrogen-bond donors (Lipinski definition) is 1. The Bertz CT molecular complexity index is 182. The Labute approximate surface area is 109 Å². The van der Waals surface area contributed by atoms with Gasteiger partial charge in [-0.2, -0.15) is 0 Å². The van der Waals surface area contributed by atoms with Gasteiger partial charge in [0.05, 0.1) is 0 Å². The van der Waals surface area contributed by atoms with Crippen LogP contribution in [0, 0.1) is 5.92 Å². The van der Waals surface area contributed by atoms with Gasteiger partial charge in [-0.1, -0.05) is 20.8 Å². The van der Waals surface area contributed by atoms with Crippen molar-refractivity contribution in [3.8, 4) is 0 Å². The van der Waals surface area contributed by atoms with E-state index in [0.29, 0.717) is 6.04 Å². The maximum absolute atomic E-state index is 3.56. The van der Waals surface area contributed by atoms with E-state index in [9.17, 15) is 0 Å². The van der Waals surface area contributed by atoms with Crippen LogP contribution in [0.15, 0.2) is 0 Å². The first-order valence-corrected chi connectivity index (χ1v) is 7.25. The van der Waals surface area contributed by atoms with Crippen molar-refractivity contribution in [1.82, 2.24) is 10.2 Å². The predicted octanol–water partition coefficient (Wildman–Crippen LogP) is 3.52. The van der Waals surface area contributed by atoms with Crippen molar-refractivity contribution < 1.29 is 0 Å². The van der Waals surface area contributed by atoms with E-state index in [2.05, 4.69) is 58.7 Å². The molecule has 0 aliphatic rings. The second-order valence-corrected chi connectivity index (χ2v) is 6.65. The fourth-order valence-corrected chi connectivity index (χ4v) is 2.13. The van der Waals surface area contributed by atoms with Gasteiger partial charge in [-0.05, 0) is 59.5 Å². The standard InChI is InChI=1S/C15H34N2/c1-8-17(12-13(2)3)14(4)10-9-11-16-15(5,6)7/h13-14,16H,8-12H2,1-7H3. The number of nitrogens with zero attached hydrogens (tertiary/aromatic N) is 1. The van der Waals surface area contributed by atoms with Crippen LogP contribution in [0.3, 0.4) is 0 Å². The molecule has 0 fully saturated rings. The molecule has 1 unspecified atom stereocenters. The van der Waals surface area contributed by atoms with Crippen LogP contribution in [-0.2, 0) is 0 Å². The summed E-state index contributed by atoms with van der Waals surface area (Å²) < 4.78 is 0. The molecule has 2 nitrogen and oxygen atoms in total. The normalized spacial score (nSPS) is 14.6. The zero-order valence-electron chi connectivity index (χ0n) is 13.1. The highest BCUT2D eigenvalue weighted by molar-refractivity contribution is 4.72. The van der Waals surface area contributed by atoms with E-state index in [1.807, 2.05) is 0 Å². The van der Waals surface area contributed by atoms with E-state index in [1.165, 1.54) is 25.9 Å². The van der Waals surface area contributed by atoms with Crippen LogP contribution in [0.4, 0.5) is 0 Å². The Balaban J connectivity index is 3.79. The molecule has 0 amide bonds. The van der Waals surface area contributed by atoms with Crippen LogP contribution in [0.5, 0.6) is 0 Å². The average molecular weight is 242 g/mol. The summed E-state index contributed by atoms with van der Waals surface area (Å²) in [6, 6.07) is 0.712. The summed E-state index contributed by atoms with van der Waals surface area (Å²) >= 11 is 0. The minimum absolute atomic E-state index is 0.256. The van der Waals surface area contributed by atoms with Gasteiger partial charge in [0, 0.05) is 18.1 Å². The molecule has 0 aromatic rings.